The average molecular weight is 407 g/mol. The molecule has 0 unspecified atom stereocenters. The molecule has 0 N–H and O–H groups in total. The van der Waals surface area contributed by atoms with E-state index in [1.165, 1.54) is 10.6 Å². The Hall–Kier alpha value is -3.52. The van der Waals surface area contributed by atoms with Crippen molar-refractivity contribution in [3.8, 4) is 0 Å². The maximum Gasteiger partial charge on any atom is 0.348 e. The van der Waals surface area contributed by atoms with Crippen molar-refractivity contribution in [2.24, 2.45) is 7.05 Å². The van der Waals surface area contributed by atoms with Gasteiger partial charge in [0.1, 0.15) is 16.3 Å². The van der Waals surface area contributed by atoms with Crippen molar-refractivity contribution in [2.45, 2.75) is 13.2 Å². The number of pyridine rings is 1. The summed E-state index contributed by atoms with van der Waals surface area (Å²) in [6, 6.07) is 16.1. The molecule has 0 bridgehead atoms. The highest BCUT2D eigenvalue weighted by Crippen LogP contribution is 2.23. The Kier molecular flexibility index (Phi) is 5.09. The lowest BCUT2D eigenvalue weighted by molar-refractivity contribution is 0.0478. The molecule has 0 saturated carbocycles. The standard InChI is InChI=1S/C21H17N3O4S/c1-23-19-16(18(25)24(21(23)27)12-15-9-5-6-10-22-15)11-17(29-19)20(26)28-13-14-7-3-2-4-8-14/h2-11H,12-13H2,1H3. The number of carbonyl (C=O) groups is 1. The summed E-state index contributed by atoms with van der Waals surface area (Å²) in [6.45, 7) is 0.197. The summed E-state index contributed by atoms with van der Waals surface area (Å²) >= 11 is 1.07. The number of ether oxygens (including phenoxy) is 1. The molecule has 3 aromatic heterocycles. The van der Waals surface area contributed by atoms with Gasteiger partial charge in [-0.15, -0.1) is 11.3 Å². The zero-order valence-electron chi connectivity index (χ0n) is 15.6. The minimum Gasteiger partial charge on any atom is -0.457 e. The molecule has 4 rings (SSSR count). The maximum absolute atomic E-state index is 12.9. The fourth-order valence-electron chi connectivity index (χ4n) is 2.97. The van der Waals surface area contributed by atoms with Gasteiger partial charge in [0.15, 0.2) is 0 Å². The minimum atomic E-state index is -0.529. The van der Waals surface area contributed by atoms with Gasteiger partial charge in [0.25, 0.3) is 5.56 Å². The minimum absolute atomic E-state index is 0.0614. The van der Waals surface area contributed by atoms with Gasteiger partial charge in [0.2, 0.25) is 0 Å². The van der Waals surface area contributed by atoms with Crippen molar-refractivity contribution < 1.29 is 9.53 Å². The molecule has 0 amide bonds. The molecule has 1 aromatic carbocycles. The van der Waals surface area contributed by atoms with Gasteiger partial charge < -0.3 is 4.74 Å². The highest BCUT2D eigenvalue weighted by molar-refractivity contribution is 7.20. The van der Waals surface area contributed by atoms with Crippen molar-refractivity contribution in [1.82, 2.24) is 14.1 Å². The zero-order chi connectivity index (χ0) is 20.4. The van der Waals surface area contributed by atoms with E-state index in [-0.39, 0.29) is 18.0 Å². The summed E-state index contributed by atoms with van der Waals surface area (Å²) in [6.07, 6.45) is 1.61. The molecule has 0 fully saturated rings. The molecule has 0 aliphatic carbocycles. The largest absolute Gasteiger partial charge is 0.457 e. The normalized spacial score (nSPS) is 10.9. The van der Waals surface area contributed by atoms with E-state index >= 15 is 0 Å². The number of hydrogen-bond donors (Lipinski definition) is 0. The van der Waals surface area contributed by atoms with E-state index in [1.54, 1.807) is 31.4 Å². The molecule has 8 heteroatoms. The monoisotopic (exact) mass is 407 g/mol. The summed E-state index contributed by atoms with van der Waals surface area (Å²) in [5.74, 6) is -0.529. The SMILES string of the molecule is Cn1c(=O)n(Cc2ccccn2)c(=O)c2cc(C(=O)OCc3ccccc3)sc21. The lowest BCUT2D eigenvalue weighted by Crippen LogP contribution is -2.39. The number of rotatable bonds is 5. The van der Waals surface area contributed by atoms with Gasteiger partial charge in [0, 0.05) is 13.2 Å². The molecule has 0 atom stereocenters. The topological polar surface area (TPSA) is 83.2 Å². The van der Waals surface area contributed by atoms with Crippen molar-refractivity contribution in [3.63, 3.8) is 0 Å². The number of nitrogens with zero attached hydrogens (tertiary/aromatic N) is 3. The Morgan fingerprint density at radius 3 is 2.59 bits per heavy atom. The number of fused-ring (bicyclic) bond motifs is 1. The fraction of sp³-hybridized carbons (Fsp3) is 0.143. The Morgan fingerprint density at radius 1 is 1.10 bits per heavy atom. The van der Waals surface area contributed by atoms with Crippen molar-refractivity contribution in [1.29, 1.82) is 0 Å². The second kappa shape index (κ2) is 7.84. The molecule has 29 heavy (non-hydrogen) atoms. The van der Waals surface area contributed by atoms with Gasteiger partial charge >= 0.3 is 11.7 Å². The van der Waals surface area contributed by atoms with Crippen LogP contribution in [0.5, 0.6) is 0 Å². The van der Waals surface area contributed by atoms with E-state index in [0.717, 1.165) is 21.5 Å². The number of esters is 1. The van der Waals surface area contributed by atoms with Gasteiger partial charge in [0.05, 0.1) is 17.6 Å². The van der Waals surface area contributed by atoms with Crippen LogP contribution in [0.2, 0.25) is 0 Å². The predicted molar refractivity (Wildman–Crippen MR) is 110 cm³/mol. The van der Waals surface area contributed by atoms with Crippen molar-refractivity contribution in [2.75, 3.05) is 0 Å². The zero-order valence-corrected chi connectivity index (χ0v) is 16.4. The quantitative estimate of drug-likeness (QED) is 0.475. The number of hydrogen-bond acceptors (Lipinski definition) is 6. The smallest absolute Gasteiger partial charge is 0.348 e. The van der Waals surface area contributed by atoms with Gasteiger partial charge in [-0.05, 0) is 23.8 Å². The highest BCUT2D eigenvalue weighted by Gasteiger charge is 2.19. The molecule has 146 valence electrons. The Balaban J connectivity index is 1.67. The number of thiophene rings is 1. The second-order valence-electron chi connectivity index (χ2n) is 6.45. The molecule has 0 spiro atoms. The molecular formula is C21H17N3O4S. The summed E-state index contributed by atoms with van der Waals surface area (Å²) in [7, 11) is 1.58. The van der Waals surface area contributed by atoms with Crippen LogP contribution in [0.3, 0.4) is 0 Å². The molecule has 0 saturated heterocycles. The first-order valence-corrected chi connectivity index (χ1v) is 9.70. The van der Waals surface area contributed by atoms with Crippen LogP contribution in [0.1, 0.15) is 20.9 Å². The van der Waals surface area contributed by atoms with E-state index in [0.29, 0.717) is 15.9 Å². The van der Waals surface area contributed by atoms with Crippen LogP contribution >= 0.6 is 11.3 Å². The lowest BCUT2D eigenvalue weighted by Gasteiger charge is -2.07. The van der Waals surface area contributed by atoms with Gasteiger partial charge in [-0.3, -0.25) is 18.9 Å². The number of aromatic nitrogens is 3. The van der Waals surface area contributed by atoms with Crippen LogP contribution in [0.4, 0.5) is 0 Å². The van der Waals surface area contributed by atoms with Crippen LogP contribution in [0, 0.1) is 0 Å². The number of carbonyl (C=O) groups excluding carboxylic acids is 1. The third kappa shape index (κ3) is 3.74. The molecule has 7 nitrogen and oxygen atoms in total. The first kappa shape index (κ1) is 18.8. The van der Waals surface area contributed by atoms with E-state index in [4.69, 9.17) is 4.74 Å². The molecule has 3 heterocycles. The first-order chi connectivity index (χ1) is 14.0. The molecule has 0 aliphatic heterocycles. The predicted octanol–water partition coefficient (Wildman–Crippen LogP) is 2.56. The fourth-order valence-corrected chi connectivity index (χ4v) is 3.97. The third-order valence-electron chi connectivity index (χ3n) is 4.47. The van der Waals surface area contributed by atoms with Crippen LogP contribution in [0.15, 0.2) is 70.4 Å². The number of aryl methyl sites for hydroxylation is 1. The Morgan fingerprint density at radius 2 is 1.86 bits per heavy atom. The first-order valence-electron chi connectivity index (χ1n) is 8.89. The Bertz CT molecular complexity index is 1290. The summed E-state index contributed by atoms with van der Waals surface area (Å²) in [5.41, 5.74) is 0.558. The van der Waals surface area contributed by atoms with Gasteiger partial charge in [-0.25, -0.2) is 9.59 Å². The van der Waals surface area contributed by atoms with Crippen LogP contribution in [-0.4, -0.2) is 20.1 Å². The Labute approximate surface area is 169 Å². The van der Waals surface area contributed by atoms with Gasteiger partial charge in [-0.1, -0.05) is 36.4 Å². The average Bonchev–Trinajstić information content (AvgIpc) is 3.21. The van der Waals surface area contributed by atoms with Crippen molar-refractivity contribution >= 4 is 27.5 Å². The van der Waals surface area contributed by atoms with Crippen LogP contribution in [-0.2, 0) is 24.9 Å². The van der Waals surface area contributed by atoms with Crippen molar-refractivity contribution in [3.05, 3.63) is 97.8 Å². The van der Waals surface area contributed by atoms with Crippen LogP contribution in [0.25, 0.3) is 10.2 Å². The van der Waals surface area contributed by atoms with E-state index < -0.39 is 17.2 Å². The highest BCUT2D eigenvalue weighted by atomic mass is 32.1. The maximum atomic E-state index is 12.9. The lowest BCUT2D eigenvalue weighted by atomic mass is 10.2. The van der Waals surface area contributed by atoms with E-state index in [2.05, 4.69) is 4.98 Å². The molecule has 4 aromatic rings. The second-order valence-corrected chi connectivity index (χ2v) is 7.48. The summed E-state index contributed by atoms with van der Waals surface area (Å²) < 4.78 is 7.84. The molecular weight excluding hydrogens is 390 g/mol. The third-order valence-corrected chi connectivity index (χ3v) is 5.66. The van der Waals surface area contributed by atoms with Gasteiger partial charge in [-0.2, -0.15) is 0 Å². The summed E-state index contributed by atoms with van der Waals surface area (Å²) in [5, 5.41) is 0.305. The molecule has 0 aliphatic rings. The van der Waals surface area contributed by atoms with Crippen LogP contribution < -0.4 is 11.2 Å². The van der Waals surface area contributed by atoms with E-state index in [9.17, 15) is 14.4 Å². The van der Waals surface area contributed by atoms with E-state index in [1.807, 2.05) is 30.3 Å². The molecule has 0 radical (unpaired) electrons. The summed E-state index contributed by atoms with van der Waals surface area (Å²) in [4.78, 5) is 42.9. The number of benzene rings is 1.